The SMILES string of the molecule is COc1ccc(OCCC(=O)NC(CN2CCC(O)C2)C(O)c2ccc(OC(C)C)cc2)cc1. The van der Waals surface area contributed by atoms with Gasteiger partial charge in [0.2, 0.25) is 5.91 Å². The highest BCUT2D eigenvalue weighted by molar-refractivity contribution is 5.76. The minimum atomic E-state index is -0.905. The number of hydrogen-bond donors (Lipinski definition) is 3. The molecule has 0 radical (unpaired) electrons. The number of carbonyl (C=O) groups excluding carboxylic acids is 1. The maximum atomic E-state index is 12.7. The van der Waals surface area contributed by atoms with Crippen LogP contribution < -0.4 is 19.5 Å². The first-order valence-electron chi connectivity index (χ1n) is 11.8. The van der Waals surface area contributed by atoms with Gasteiger partial charge in [-0.05, 0) is 62.2 Å². The zero-order valence-corrected chi connectivity index (χ0v) is 20.1. The van der Waals surface area contributed by atoms with Crippen molar-refractivity contribution in [2.45, 2.75) is 51.0 Å². The molecule has 8 nitrogen and oxygen atoms in total. The van der Waals surface area contributed by atoms with E-state index in [1.165, 1.54) is 0 Å². The summed E-state index contributed by atoms with van der Waals surface area (Å²) in [6, 6.07) is 13.9. The van der Waals surface area contributed by atoms with E-state index in [0.717, 1.165) is 18.0 Å². The van der Waals surface area contributed by atoms with Crippen molar-refractivity contribution in [3.8, 4) is 17.2 Å². The summed E-state index contributed by atoms with van der Waals surface area (Å²) in [7, 11) is 1.60. The third kappa shape index (κ3) is 7.90. The number of nitrogens with zero attached hydrogens (tertiary/aromatic N) is 1. The van der Waals surface area contributed by atoms with Gasteiger partial charge in [-0.25, -0.2) is 0 Å². The molecule has 0 aromatic heterocycles. The molecule has 1 saturated heterocycles. The number of amides is 1. The molecular weight excluding hydrogens is 436 g/mol. The van der Waals surface area contributed by atoms with Gasteiger partial charge in [0.1, 0.15) is 23.4 Å². The lowest BCUT2D eigenvalue weighted by Gasteiger charge is -2.29. The van der Waals surface area contributed by atoms with E-state index >= 15 is 0 Å². The van der Waals surface area contributed by atoms with Crippen molar-refractivity contribution < 1.29 is 29.2 Å². The number of likely N-dealkylation sites (tertiary alicyclic amines) is 1. The minimum Gasteiger partial charge on any atom is -0.497 e. The first-order chi connectivity index (χ1) is 16.3. The summed E-state index contributed by atoms with van der Waals surface area (Å²) in [4.78, 5) is 14.7. The molecule has 3 atom stereocenters. The average molecular weight is 473 g/mol. The predicted molar refractivity (Wildman–Crippen MR) is 129 cm³/mol. The summed E-state index contributed by atoms with van der Waals surface area (Å²) in [5.74, 6) is 1.90. The van der Waals surface area contributed by atoms with E-state index in [0.29, 0.717) is 30.8 Å². The van der Waals surface area contributed by atoms with Crippen molar-refractivity contribution in [3.05, 3.63) is 54.1 Å². The van der Waals surface area contributed by atoms with Gasteiger partial charge in [0.15, 0.2) is 0 Å². The van der Waals surface area contributed by atoms with Crippen LogP contribution in [0.4, 0.5) is 0 Å². The molecule has 0 spiro atoms. The third-order valence-electron chi connectivity index (χ3n) is 5.68. The van der Waals surface area contributed by atoms with Gasteiger partial charge in [0.05, 0.1) is 38.4 Å². The summed E-state index contributed by atoms with van der Waals surface area (Å²) < 4.78 is 16.5. The summed E-state index contributed by atoms with van der Waals surface area (Å²) in [5.41, 5.74) is 0.690. The molecule has 3 rings (SSSR count). The number of aliphatic hydroxyl groups excluding tert-OH is 2. The molecule has 1 aliphatic rings. The minimum absolute atomic E-state index is 0.0598. The Balaban J connectivity index is 1.59. The highest BCUT2D eigenvalue weighted by atomic mass is 16.5. The number of benzene rings is 2. The Morgan fingerprint density at radius 2 is 1.74 bits per heavy atom. The van der Waals surface area contributed by atoms with Crippen LogP contribution in [0.5, 0.6) is 17.2 Å². The fraction of sp³-hybridized carbons (Fsp3) is 0.500. The second-order valence-electron chi connectivity index (χ2n) is 8.83. The molecule has 34 heavy (non-hydrogen) atoms. The van der Waals surface area contributed by atoms with Crippen molar-refractivity contribution >= 4 is 5.91 Å². The molecule has 0 saturated carbocycles. The van der Waals surface area contributed by atoms with Crippen LogP contribution in [0.25, 0.3) is 0 Å². The molecule has 1 fully saturated rings. The second kappa shape index (κ2) is 12.6. The molecule has 186 valence electrons. The lowest BCUT2D eigenvalue weighted by molar-refractivity contribution is -0.123. The number of carbonyl (C=O) groups is 1. The van der Waals surface area contributed by atoms with Gasteiger partial charge in [0.25, 0.3) is 0 Å². The number of ether oxygens (including phenoxy) is 3. The number of nitrogens with one attached hydrogen (secondary N) is 1. The lowest BCUT2D eigenvalue weighted by Crippen LogP contribution is -2.47. The molecule has 3 unspecified atom stereocenters. The molecule has 1 amide bonds. The van der Waals surface area contributed by atoms with Gasteiger partial charge < -0.3 is 29.7 Å². The number of rotatable bonds is 12. The van der Waals surface area contributed by atoms with Gasteiger partial charge in [-0.15, -0.1) is 0 Å². The number of hydrogen-bond acceptors (Lipinski definition) is 7. The van der Waals surface area contributed by atoms with E-state index in [9.17, 15) is 15.0 Å². The number of aliphatic hydroxyl groups is 2. The Bertz CT molecular complexity index is 887. The van der Waals surface area contributed by atoms with Crippen LogP contribution in [-0.2, 0) is 4.79 Å². The van der Waals surface area contributed by atoms with Gasteiger partial charge in [-0.2, -0.15) is 0 Å². The van der Waals surface area contributed by atoms with Gasteiger partial charge in [-0.1, -0.05) is 12.1 Å². The fourth-order valence-corrected chi connectivity index (χ4v) is 3.94. The summed E-state index contributed by atoms with van der Waals surface area (Å²) in [6.45, 7) is 5.81. The molecular formula is C26H36N2O6. The van der Waals surface area contributed by atoms with E-state index in [4.69, 9.17) is 14.2 Å². The predicted octanol–water partition coefficient (Wildman–Crippen LogP) is 2.54. The normalized spacial score (nSPS) is 17.9. The van der Waals surface area contributed by atoms with Crippen LogP contribution in [0.1, 0.15) is 38.4 Å². The molecule has 3 N–H and O–H groups in total. The summed E-state index contributed by atoms with van der Waals surface area (Å²) >= 11 is 0. The summed E-state index contributed by atoms with van der Waals surface area (Å²) in [6.07, 6.45) is -0.382. The molecule has 2 aromatic carbocycles. The Labute approximate surface area is 201 Å². The first kappa shape index (κ1) is 25.8. The Kier molecular flexibility index (Phi) is 9.56. The fourth-order valence-electron chi connectivity index (χ4n) is 3.94. The molecule has 1 heterocycles. The van der Waals surface area contributed by atoms with Crippen LogP contribution in [0.2, 0.25) is 0 Å². The van der Waals surface area contributed by atoms with E-state index < -0.39 is 12.1 Å². The lowest BCUT2D eigenvalue weighted by atomic mass is 10.0. The van der Waals surface area contributed by atoms with Crippen molar-refractivity contribution in [1.29, 1.82) is 0 Å². The number of methoxy groups -OCH3 is 1. The van der Waals surface area contributed by atoms with Gasteiger partial charge in [0, 0.05) is 19.6 Å². The van der Waals surface area contributed by atoms with Crippen LogP contribution in [0, 0.1) is 0 Å². The van der Waals surface area contributed by atoms with Crippen molar-refractivity contribution in [1.82, 2.24) is 10.2 Å². The smallest absolute Gasteiger partial charge is 0.223 e. The first-order valence-corrected chi connectivity index (χ1v) is 11.8. The molecule has 0 aliphatic carbocycles. The highest BCUT2D eigenvalue weighted by Crippen LogP contribution is 2.23. The Hall–Kier alpha value is -2.81. The monoisotopic (exact) mass is 472 g/mol. The Morgan fingerprint density at radius 3 is 2.32 bits per heavy atom. The largest absolute Gasteiger partial charge is 0.497 e. The van der Waals surface area contributed by atoms with Crippen LogP contribution in [0.15, 0.2) is 48.5 Å². The van der Waals surface area contributed by atoms with Gasteiger partial charge >= 0.3 is 0 Å². The van der Waals surface area contributed by atoms with E-state index in [-0.39, 0.29) is 31.1 Å². The highest BCUT2D eigenvalue weighted by Gasteiger charge is 2.29. The van der Waals surface area contributed by atoms with Crippen LogP contribution in [0.3, 0.4) is 0 Å². The van der Waals surface area contributed by atoms with Crippen molar-refractivity contribution in [2.24, 2.45) is 0 Å². The molecule has 1 aliphatic heterocycles. The van der Waals surface area contributed by atoms with E-state index in [1.54, 1.807) is 31.4 Å². The second-order valence-corrected chi connectivity index (χ2v) is 8.83. The van der Waals surface area contributed by atoms with Gasteiger partial charge in [-0.3, -0.25) is 9.69 Å². The van der Waals surface area contributed by atoms with E-state index in [2.05, 4.69) is 10.2 Å². The summed E-state index contributed by atoms with van der Waals surface area (Å²) in [5, 5.41) is 23.9. The standard InChI is InChI=1S/C26H36N2O6/c1-18(2)34-23-6-4-19(5-7-23)26(31)24(17-28-14-12-20(29)16-28)27-25(30)13-15-33-22-10-8-21(32-3)9-11-22/h4-11,18,20,24,26,29,31H,12-17H2,1-3H3,(H,27,30). The van der Waals surface area contributed by atoms with Crippen LogP contribution in [-0.4, -0.2) is 72.6 Å². The zero-order chi connectivity index (χ0) is 24.5. The Morgan fingerprint density at radius 1 is 1.09 bits per heavy atom. The van der Waals surface area contributed by atoms with Crippen molar-refractivity contribution in [2.75, 3.05) is 33.4 Å². The molecule has 0 bridgehead atoms. The van der Waals surface area contributed by atoms with E-state index in [1.807, 2.05) is 38.1 Å². The maximum absolute atomic E-state index is 12.7. The average Bonchev–Trinajstić information content (AvgIpc) is 3.23. The molecule has 8 heteroatoms. The quantitative estimate of drug-likeness (QED) is 0.436. The van der Waals surface area contributed by atoms with Crippen molar-refractivity contribution in [3.63, 3.8) is 0 Å². The number of β-amino-alcohol motifs (C(OH)–C–C–N with tert-alkyl or cyclic N) is 1. The topological polar surface area (TPSA) is 100 Å². The molecule has 2 aromatic rings. The zero-order valence-electron chi connectivity index (χ0n) is 20.1. The maximum Gasteiger partial charge on any atom is 0.223 e. The third-order valence-corrected chi connectivity index (χ3v) is 5.68. The van der Waals surface area contributed by atoms with Crippen LogP contribution >= 0.6 is 0 Å².